The van der Waals surface area contributed by atoms with Crippen molar-refractivity contribution in [2.45, 2.75) is 37.3 Å². The summed E-state index contributed by atoms with van der Waals surface area (Å²) in [4.78, 5) is 21.8. The van der Waals surface area contributed by atoms with Gasteiger partial charge in [-0.3, -0.25) is 4.79 Å². The predicted molar refractivity (Wildman–Crippen MR) is 77.8 cm³/mol. The molecule has 2 aromatic heterocycles. The van der Waals surface area contributed by atoms with Gasteiger partial charge in [0.2, 0.25) is 0 Å². The van der Waals surface area contributed by atoms with E-state index >= 15 is 0 Å². The third kappa shape index (κ3) is 2.40. The number of aromatic amines is 1. The van der Waals surface area contributed by atoms with E-state index in [1.54, 1.807) is 11.3 Å². The van der Waals surface area contributed by atoms with Crippen molar-refractivity contribution in [3.63, 3.8) is 0 Å². The fourth-order valence-electron chi connectivity index (χ4n) is 2.37. The molecule has 0 aliphatic heterocycles. The van der Waals surface area contributed by atoms with Crippen molar-refractivity contribution >= 4 is 33.3 Å². The Bertz CT molecular complexity index is 711. The van der Waals surface area contributed by atoms with Gasteiger partial charge < -0.3 is 4.98 Å². The molecule has 2 aromatic rings. The second kappa shape index (κ2) is 5.35. The zero-order chi connectivity index (χ0) is 13.2. The number of nitrogens with zero attached hydrogens (tertiary/aromatic N) is 2. The van der Waals surface area contributed by atoms with Crippen LogP contribution in [0.5, 0.6) is 0 Å². The van der Waals surface area contributed by atoms with Gasteiger partial charge in [-0.25, -0.2) is 4.98 Å². The second-order valence-corrected chi connectivity index (χ2v) is 6.69. The van der Waals surface area contributed by atoms with E-state index in [1.807, 2.05) is 0 Å². The Kier molecular flexibility index (Phi) is 3.58. The van der Waals surface area contributed by atoms with Crippen molar-refractivity contribution in [1.29, 1.82) is 5.26 Å². The quantitative estimate of drug-likeness (QED) is 0.534. The first-order valence-electron chi connectivity index (χ1n) is 6.34. The van der Waals surface area contributed by atoms with Gasteiger partial charge in [0.05, 0.1) is 11.5 Å². The number of H-pyrrole nitrogens is 1. The fraction of sp³-hybridized carbons (Fsp3) is 0.462. The first kappa shape index (κ1) is 12.7. The minimum absolute atomic E-state index is 0.00724. The lowest BCUT2D eigenvalue weighted by Crippen LogP contribution is -2.09. The summed E-state index contributed by atoms with van der Waals surface area (Å²) in [7, 11) is 0. The molecule has 0 amide bonds. The number of fused-ring (bicyclic) bond motifs is 3. The van der Waals surface area contributed by atoms with Gasteiger partial charge in [0.15, 0.2) is 5.16 Å². The third-order valence-electron chi connectivity index (χ3n) is 3.23. The molecule has 0 bridgehead atoms. The topological polar surface area (TPSA) is 69.5 Å². The van der Waals surface area contributed by atoms with Gasteiger partial charge in [-0.05, 0) is 31.2 Å². The van der Waals surface area contributed by atoms with Gasteiger partial charge >= 0.3 is 0 Å². The molecule has 6 heteroatoms. The van der Waals surface area contributed by atoms with Crippen LogP contribution in [0.2, 0.25) is 0 Å². The minimum Gasteiger partial charge on any atom is -0.301 e. The zero-order valence-electron chi connectivity index (χ0n) is 10.4. The van der Waals surface area contributed by atoms with E-state index in [0.717, 1.165) is 41.7 Å². The monoisotopic (exact) mass is 291 g/mol. The number of hydrogen-bond acceptors (Lipinski definition) is 5. The largest absolute Gasteiger partial charge is 0.301 e. The molecule has 0 radical (unpaired) electrons. The smallest absolute Gasteiger partial charge is 0.260 e. The Morgan fingerprint density at radius 2 is 2.37 bits per heavy atom. The number of hydrogen-bond donors (Lipinski definition) is 1. The maximum atomic E-state index is 12.2. The van der Waals surface area contributed by atoms with Gasteiger partial charge in [-0.1, -0.05) is 11.8 Å². The molecular weight excluding hydrogens is 278 g/mol. The number of nitrogens with one attached hydrogen (secondary N) is 1. The van der Waals surface area contributed by atoms with Gasteiger partial charge in [0.1, 0.15) is 4.83 Å². The molecule has 0 saturated heterocycles. The predicted octanol–water partition coefficient (Wildman–Crippen LogP) is 2.87. The zero-order valence-corrected chi connectivity index (χ0v) is 12.0. The number of aryl methyl sites for hydroxylation is 2. The van der Waals surface area contributed by atoms with Crippen LogP contribution >= 0.6 is 23.1 Å². The molecule has 1 aliphatic rings. The molecule has 0 atom stereocenters. The Morgan fingerprint density at radius 1 is 1.47 bits per heavy atom. The van der Waals surface area contributed by atoms with E-state index < -0.39 is 0 Å². The standard InChI is InChI=1S/C13H13N3OS2/c14-6-1-2-7-18-13-15-11(17)10-8-4-3-5-9(8)19-12(10)16-13/h1-5,7H2,(H,15,16,17). The highest BCUT2D eigenvalue weighted by Crippen LogP contribution is 2.35. The van der Waals surface area contributed by atoms with E-state index in [-0.39, 0.29) is 5.56 Å². The Labute approximate surface area is 118 Å². The first-order valence-corrected chi connectivity index (χ1v) is 8.14. The van der Waals surface area contributed by atoms with Crippen molar-refractivity contribution in [1.82, 2.24) is 9.97 Å². The van der Waals surface area contributed by atoms with Crippen LogP contribution in [0.1, 0.15) is 29.7 Å². The van der Waals surface area contributed by atoms with Crippen molar-refractivity contribution in [3.05, 3.63) is 20.8 Å². The summed E-state index contributed by atoms with van der Waals surface area (Å²) in [6, 6.07) is 2.12. The lowest BCUT2D eigenvalue weighted by Gasteiger charge is -2.00. The first-order chi connectivity index (χ1) is 9.29. The summed E-state index contributed by atoms with van der Waals surface area (Å²) >= 11 is 3.18. The van der Waals surface area contributed by atoms with E-state index in [0.29, 0.717) is 11.6 Å². The van der Waals surface area contributed by atoms with E-state index in [1.165, 1.54) is 22.2 Å². The summed E-state index contributed by atoms with van der Waals surface area (Å²) in [5.41, 5.74) is 1.21. The van der Waals surface area contributed by atoms with Crippen LogP contribution in [0.3, 0.4) is 0 Å². The summed E-state index contributed by atoms with van der Waals surface area (Å²) in [6.07, 6.45) is 4.62. The van der Waals surface area contributed by atoms with Gasteiger partial charge in [0.25, 0.3) is 5.56 Å². The SMILES string of the molecule is N#CCCCSc1nc2sc3c(c2c(=O)[nH]1)CCC3. The molecule has 19 heavy (non-hydrogen) atoms. The van der Waals surface area contributed by atoms with Crippen LogP contribution in [-0.2, 0) is 12.8 Å². The summed E-state index contributed by atoms with van der Waals surface area (Å²) < 4.78 is 0. The number of unbranched alkanes of at least 4 members (excludes halogenated alkanes) is 1. The number of nitriles is 1. The molecule has 3 rings (SSSR count). The highest BCUT2D eigenvalue weighted by atomic mass is 32.2. The Balaban J connectivity index is 1.89. The molecule has 1 N–H and O–H groups in total. The summed E-state index contributed by atoms with van der Waals surface area (Å²) in [5, 5.41) is 9.97. The second-order valence-electron chi connectivity index (χ2n) is 4.52. The van der Waals surface area contributed by atoms with Crippen LogP contribution in [0, 0.1) is 11.3 Å². The molecule has 98 valence electrons. The number of thioether (sulfide) groups is 1. The van der Waals surface area contributed by atoms with E-state index in [9.17, 15) is 4.79 Å². The van der Waals surface area contributed by atoms with E-state index in [2.05, 4.69) is 16.0 Å². The third-order valence-corrected chi connectivity index (χ3v) is 5.37. The number of thiophene rings is 1. The molecule has 4 nitrogen and oxygen atoms in total. The molecule has 1 aliphatic carbocycles. The summed E-state index contributed by atoms with van der Waals surface area (Å²) in [5.74, 6) is 0.813. The average Bonchev–Trinajstić information content (AvgIpc) is 2.94. The van der Waals surface area contributed by atoms with E-state index in [4.69, 9.17) is 5.26 Å². The molecule has 2 heterocycles. The Morgan fingerprint density at radius 3 is 3.21 bits per heavy atom. The maximum absolute atomic E-state index is 12.2. The minimum atomic E-state index is -0.00724. The number of rotatable bonds is 4. The van der Waals surface area contributed by atoms with Crippen molar-refractivity contribution in [2.75, 3.05) is 5.75 Å². The highest BCUT2D eigenvalue weighted by Gasteiger charge is 2.20. The molecular formula is C13H13N3OS2. The molecule has 0 aromatic carbocycles. The molecule has 0 fully saturated rings. The lowest BCUT2D eigenvalue weighted by molar-refractivity contribution is 0.913. The molecule has 0 saturated carbocycles. The lowest BCUT2D eigenvalue weighted by atomic mass is 10.2. The average molecular weight is 291 g/mol. The fourth-order valence-corrected chi connectivity index (χ4v) is 4.49. The maximum Gasteiger partial charge on any atom is 0.260 e. The van der Waals surface area contributed by atoms with Crippen LogP contribution in [0.4, 0.5) is 0 Å². The van der Waals surface area contributed by atoms with Crippen molar-refractivity contribution in [2.24, 2.45) is 0 Å². The van der Waals surface area contributed by atoms with Gasteiger partial charge in [-0.2, -0.15) is 5.26 Å². The van der Waals surface area contributed by atoms with Crippen molar-refractivity contribution < 1.29 is 0 Å². The van der Waals surface area contributed by atoms with Crippen LogP contribution in [0.15, 0.2) is 9.95 Å². The van der Waals surface area contributed by atoms with Crippen LogP contribution in [-0.4, -0.2) is 15.7 Å². The molecule has 0 unspecified atom stereocenters. The highest BCUT2D eigenvalue weighted by molar-refractivity contribution is 7.99. The van der Waals surface area contributed by atoms with Crippen LogP contribution < -0.4 is 5.56 Å². The molecule has 0 spiro atoms. The normalized spacial score (nSPS) is 13.6. The Hall–Kier alpha value is -1.32. The van der Waals surface area contributed by atoms with Gasteiger partial charge in [0, 0.05) is 17.1 Å². The van der Waals surface area contributed by atoms with Crippen LogP contribution in [0.25, 0.3) is 10.2 Å². The van der Waals surface area contributed by atoms with Gasteiger partial charge in [-0.15, -0.1) is 11.3 Å². The number of aromatic nitrogens is 2. The summed E-state index contributed by atoms with van der Waals surface area (Å²) in [6.45, 7) is 0. The van der Waals surface area contributed by atoms with Crippen molar-refractivity contribution in [3.8, 4) is 6.07 Å².